The number of carbonyl (C=O) groups excluding carboxylic acids is 1. The molecule has 0 bridgehead atoms. The van der Waals surface area contributed by atoms with Gasteiger partial charge in [-0.1, -0.05) is 54.6 Å². The lowest BCUT2D eigenvalue weighted by atomic mass is 10.1. The van der Waals surface area contributed by atoms with E-state index in [1.54, 1.807) is 12.1 Å². The molecule has 25 heavy (non-hydrogen) atoms. The Bertz CT molecular complexity index is 832. The normalized spacial score (nSPS) is 10.3. The molecule has 0 spiro atoms. The van der Waals surface area contributed by atoms with Crippen molar-refractivity contribution in [3.05, 3.63) is 89.1 Å². The summed E-state index contributed by atoms with van der Waals surface area (Å²) in [6.07, 6.45) is 0. The fraction of sp³-hybridized carbons (Fsp3) is 0.150. The SMILES string of the molecule is Cc1ccccc1CNc1ccc(C(=O)NCc2ccccc2)nn1. The Labute approximate surface area is 147 Å². The van der Waals surface area contributed by atoms with Gasteiger partial charge in [0.15, 0.2) is 5.69 Å². The minimum Gasteiger partial charge on any atom is -0.364 e. The van der Waals surface area contributed by atoms with E-state index in [9.17, 15) is 4.79 Å². The Balaban J connectivity index is 1.54. The molecule has 0 radical (unpaired) electrons. The molecule has 5 heteroatoms. The van der Waals surface area contributed by atoms with Gasteiger partial charge in [0.25, 0.3) is 5.91 Å². The first-order valence-corrected chi connectivity index (χ1v) is 8.16. The van der Waals surface area contributed by atoms with Crippen molar-refractivity contribution in [3.63, 3.8) is 0 Å². The van der Waals surface area contributed by atoms with E-state index in [-0.39, 0.29) is 5.91 Å². The number of rotatable bonds is 6. The second-order valence-electron chi connectivity index (χ2n) is 5.75. The van der Waals surface area contributed by atoms with Crippen LogP contribution in [0.2, 0.25) is 0 Å². The minimum absolute atomic E-state index is 0.234. The molecule has 126 valence electrons. The quantitative estimate of drug-likeness (QED) is 0.726. The highest BCUT2D eigenvalue weighted by atomic mass is 16.1. The molecule has 2 N–H and O–H groups in total. The van der Waals surface area contributed by atoms with Crippen LogP contribution in [0.25, 0.3) is 0 Å². The molecular weight excluding hydrogens is 312 g/mol. The highest BCUT2D eigenvalue weighted by molar-refractivity contribution is 5.92. The van der Waals surface area contributed by atoms with Crippen LogP contribution in [-0.2, 0) is 13.1 Å². The zero-order chi connectivity index (χ0) is 17.5. The average Bonchev–Trinajstić information content (AvgIpc) is 2.67. The van der Waals surface area contributed by atoms with E-state index in [0.717, 1.165) is 5.56 Å². The fourth-order valence-corrected chi connectivity index (χ4v) is 2.41. The van der Waals surface area contributed by atoms with Crippen LogP contribution in [0, 0.1) is 6.92 Å². The summed E-state index contributed by atoms with van der Waals surface area (Å²) in [4.78, 5) is 12.1. The molecule has 2 aromatic carbocycles. The third kappa shape index (κ3) is 4.64. The number of carbonyl (C=O) groups is 1. The van der Waals surface area contributed by atoms with Crippen molar-refractivity contribution < 1.29 is 4.79 Å². The molecular formula is C20H20N4O. The molecule has 1 amide bonds. The Morgan fingerprint density at radius 2 is 1.64 bits per heavy atom. The standard InChI is InChI=1S/C20H20N4O/c1-15-7-5-6-10-17(15)14-21-19-12-11-18(23-24-19)20(25)22-13-16-8-3-2-4-9-16/h2-12H,13-14H2,1H3,(H,21,24)(H,22,25). The molecule has 0 atom stereocenters. The number of nitrogens with zero attached hydrogens (tertiary/aromatic N) is 2. The van der Waals surface area contributed by atoms with Gasteiger partial charge in [-0.25, -0.2) is 0 Å². The van der Waals surface area contributed by atoms with Crippen LogP contribution in [0.1, 0.15) is 27.2 Å². The summed E-state index contributed by atoms with van der Waals surface area (Å²) >= 11 is 0. The number of anilines is 1. The summed E-state index contributed by atoms with van der Waals surface area (Å²) < 4.78 is 0. The molecule has 1 heterocycles. The molecule has 3 aromatic rings. The van der Waals surface area contributed by atoms with Crippen molar-refractivity contribution in [2.24, 2.45) is 0 Å². The van der Waals surface area contributed by atoms with Gasteiger partial charge >= 0.3 is 0 Å². The van der Waals surface area contributed by atoms with Gasteiger partial charge in [-0.2, -0.15) is 0 Å². The summed E-state index contributed by atoms with van der Waals surface area (Å²) in [7, 11) is 0. The van der Waals surface area contributed by atoms with Crippen molar-refractivity contribution in [2.75, 3.05) is 5.32 Å². The smallest absolute Gasteiger partial charge is 0.272 e. The van der Waals surface area contributed by atoms with Gasteiger partial charge in [-0.05, 0) is 35.7 Å². The summed E-state index contributed by atoms with van der Waals surface area (Å²) in [6.45, 7) is 3.21. The molecule has 0 fully saturated rings. The van der Waals surface area contributed by atoms with Crippen molar-refractivity contribution in [3.8, 4) is 0 Å². The Hall–Kier alpha value is -3.21. The van der Waals surface area contributed by atoms with E-state index in [4.69, 9.17) is 0 Å². The van der Waals surface area contributed by atoms with Gasteiger partial charge < -0.3 is 10.6 Å². The molecule has 0 saturated heterocycles. The first-order chi connectivity index (χ1) is 12.2. The van der Waals surface area contributed by atoms with Crippen LogP contribution >= 0.6 is 0 Å². The lowest BCUT2D eigenvalue weighted by Crippen LogP contribution is -2.24. The van der Waals surface area contributed by atoms with Crippen LogP contribution in [0.5, 0.6) is 0 Å². The zero-order valence-corrected chi connectivity index (χ0v) is 14.1. The van der Waals surface area contributed by atoms with Crippen molar-refractivity contribution in [1.82, 2.24) is 15.5 Å². The molecule has 0 unspecified atom stereocenters. The van der Waals surface area contributed by atoms with Crippen molar-refractivity contribution in [1.29, 1.82) is 0 Å². The van der Waals surface area contributed by atoms with Crippen molar-refractivity contribution >= 4 is 11.7 Å². The van der Waals surface area contributed by atoms with E-state index in [1.807, 2.05) is 42.5 Å². The van der Waals surface area contributed by atoms with Gasteiger partial charge in [0.2, 0.25) is 0 Å². The highest BCUT2D eigenvalue weighted by Gasteiger charge is 2.08. The molecule has 3 rings (SSSR count). The second kappa shape index (κ2) is 8.06. The van der Waals surface area contributed by atoms with Crippen LogP contribution in [-0.4, -0.2) is 16.1 Å². The third-order valence-electron chi connectivity index (χ3n) is 3.91. The molecule has 1 aromatic heterocycles. The van der Waals surface area contributed by atoms with Crippen molar-refractivity contribution in [2.45, 2.75) is 20.0 Å². The number of nitrogens with one attached hydrogen (secondary N) is 2. The third-order valence-corrected chi connectivity index (χ3v) is 3.91. The summed E-state index contributed by atoms with van der Waals surface area (Å²) in [5.74, 6) is 0.407. The monoisotopic (exact) mass is 332 g/mol. The highest BCUT2D eigenvalue weighted by Crippen LogP contribution is 2.10. The maximum atomic E-state index is 12.1. The summed E-state index contributed by atoms with van der Waals surface area (Å²) in [5.41, 5.74) is 3.77. The summed E-state index contributed by atoms with van der Waals surface area (Å²) in [6, 6.07) is 21.4. The van der Waals surface area contributed by atoms with Gasteiger partial charge in [0, 0.05) is 13.1 Å². The second-order valence-corrected chi connectivity index (χ2v) is 5.75. The van der Waals surface area contributed by atoms with E-state index in [0.29, 0.717) is 24.6 Å². The Morgan fingerprint density at radius 3 is 2.36 bits per heavy atom. The van der Waals surface area contributed by atoms with Crippen LogP contribution in [0.15, 0.2) is 66.7 Å². The average molecular weight is 332 g/mol. The molecule has 5 nitrogen and oxygen atoms in total. The van der Waals surface area contributed by atoms with Gasteiger partial charge in [-0.3, -0.25) is 4.79 Å². The van der Waals surface area contributed by atoms with Crippen LogP contribution < -0.4 is 10.6 Å². The molecule has 0 aliphatic rings. The predicted molar refractivity (Wildman–Crippen MR) is 98.1 cm³/mol. The first-order valence-electron chi connectivity index (χ1n) is 8.16. The zero-order valence-electron chi connectivity index (χ0n) is 14.1. The Kier molecular flexibility index (Phi) is 5.36. The number of aryl methyl sites for hydroxylation is 1. The lowest BCUT2D eigenvalue weighted by Gasteiger charge is -2.08. The lowest BCUT2D eigenvalue weighted by molar-refractivity contribution is 0.0945. The number of amides is 1. The maximum absolute atomic E-state index is 12.1. The Morgan fingerprint density at radius 1 is 0.880 bits per heavy atom. The first kappa shape index (κ1) is 16.6. The number of hydrogen-bond donors (Lipinski definition) is 2. The number of benzene rings is 2. The van der Waals surface area contributed by atoms with Crippen LogP contribution in [0.4, 0.5) is 5.82 Å². The van der Waals surface area contributed by atoms with E-state index in [1.165, 1.54) is 11.1 Å². The maximum Gasteiger partial charge on any atom is 0.272 e. The van der Waals surface area contributed by atoms with Gasteiger partial charge in [0.05, 0.1) is 0 Å². The topological polar surface area (TPSA) is 66.9 Å². The predicted octanol–water partition coefficient (Wildman–Crippen LogP) is 3.33. The largest absolute Gasteiger partial charge is 0.364 e. The van der Waals surface area contributed by atoms with Crippen LogP contribution in [0.3, 0.4) is 0 Å². The van der Waals surface area contributed by atoms with E-state index in [2.05, 4.69) is 39.9 Å². The van der Waals surface area contributed by atoms with Gasteiger partial charge in [0.1, 0.15) is 5.82 Å². The van der Waals surface area contributed by atoms with E-state index >= 15 is 0 Å². The van der Waals surface area contributed by atoms with Gasteiger partial charge in [-0.15, -0.1) is 10.2 Å². The fourth-order valence-electron chi connectivity index (χ4n) is 2.41. The molecule has 0 saturated carbocycles. The number of aromatic nitrogens is 2. The summed E-state index contributed by atoms with van der Waals surface area (Å²) in [5, 5.41) is 14.1. The number of hydrogen-bond acceptors (Lipinski definition) is 4. The minimum atomic E-state index is -0.234. The van der Waals surface area contributed by atoms with E-state index < -0.39 is 0 Å². The molecule has 0 aliphatic carbocycles. The molecule has 0 aliphatic heterocycles.